The lowest BCUT2D eigenvalue weighted by molar-refractivity contribution is 0.136. The van der Waals surface area contributed by atoms with Gasteiger partial charge in [0.05, 0.1) is 5.84 Å². The Bertz CT molecular complexity index is 468. The van der Waals surface area contributed by atoms with Gasteiger partial charge in [0.1, 0.15) is 6.61 Å². The molecule has 0 atom stereocenters. The highest BCUT2D eigenvalue weighted by atomic mass is 16.5. The van der Waals surface area contributed by atoms with E-state index in [4.69, 9.17) is 15.9 Å². The first-order chi connectivity index (χ1) is 10.1. The molecule has 5 heteroatoms. The van der Waals surface area contributed by atoms with Crippen LogP contribution in [0.4, 0.5) is 4.79 Å². The molecular formula is C16H23N3O2. The highest BCUT2D eigenvalue weighted by Gasteiger charge is 2.23. The van der Waals surface area contributed by atoms with E-state index in [0.717, 1.165) is 31.2 Å². The molecule has 0 bridgehead atoms. The Morgan fingerprint density at radius 2 is 1.90 bits per heavy atom. The molecule has 5 nitrogen and oxygen atoms in total. The molecule has 4 N–H and O–H groups in total. The van der Waals surface area contributed by atoms with Crippen LogP contribution >= 0.6 is 0 Å². The normalized spacial score (nSPS) is 21.5. The van der Waals surface area contributed by atoms with Crippen molar-refractivity contribution in [3.8, 4) is 0 Å². The van der Waals surface area contributed by atoms with Crippen molar-refractivity contribution in [1.82, 2.24) is 5.32 Å². The Morgan fingerprint density at radius 3 is 2.52 bits per heavy atom. The Morgan fingerprint density at radius 1 is 1.24 bits per heavy atom. The molecule has 114 valence electrons. The number of nitrogens with one attached hydrogen (secondary N) is 2. The molecule has 0 heterocycles. The van der Waals surface area contributed by atoms with Gasteiger partial charge in [0.2, 0.25) is 0 Å². The predicted molar refractivity (Wildman–Crippen MR) is 82.0 cm³/mol. The molecule has 2 rings (SSSR count). The molecule has 1 aromatic carbocycles. The van der Waals surface area contributed by atoms with E-state index in [-0.39, 0.29) is 12.0 Å². The van der Waals surface area contributed by atoms with E-state index in [0.29, 0.717) is 24.9 Å². The molecule has 21 heavy (non-hydrogen) atoms. The summed E-state index contributed by atoms with van der Waals surface area (Å²) in [6.07, 6.45) is 3.53. The van der Waals surface area contributed by atoms with E-state index in [9.17, 15) is 4.79 Å². The quantitative estimate of drug-likeness (QED) is 0.575. The zero-order chi connectivity index (χ0) is 15.1. The molecule has 0 unspecified atom stereocenters. The smallest absolute Gasteiger partial charge is 0.407 e. The second kappa shape index (κ2) is 7.67. The van der Waals surface area contributed by atoms with Gasteiger partial charge in [-0.15, -0.1) is 0 Å². The van der Waals surface area contributed by atoms with Crippen LogP contribution in [0, 0.1) is 17.2 Å². The van der Waals surface area contributed by atoms with Gasteiger partial charge in [-0.2, -0.15) is 0 Å². The number of alkyl carbamates (subject to hydrolysis) is 1. The fourth-order valence-corrected chi connectivity index (χ4v) is 2.68. The van der Waals surface area contributed by atoms with Crippen molar-refractivity contribution in [1.29, 1.82) is 5.41 Å². The number of amidine groups is 1. The number of amides is 1. The summed E-state index contributed by atoms with van der Waals surface area (Å²) in [5.74, 6) is 0.986. The predicted octanol–water partition coefficient (Wildman–Crippen LogP) is 2.66. The van der Waals surface area contributed by atoms with Gasteiger partial charge in [-0.25, -0.2) is 4.79 Å². The van der Waals surface area contributed by atoms with Crippen LogP contribution in [-0.2, 0) is 11.3 Å². The second-order valence-electron chi connectivity index (χ2n) is 5.62. The van der Waals surface area contributed by atoms with E-state index < -0.39 is 0 Å². The highest BCUT2D eigenvalue weighted by Crippen LogP contribution is 2.28. The molecule has 0 spiro atoms. The molecule has 0 aliphatic heterocycles. The van der Waals surface area contributed by atoms with Gasteiger partial charge < -0.3 is 15.8 Å². The monoisotopic (exact) mass is 289 g/mol. The van der Waals surface area contributed by atoms with Crippen LogP contribution in [0.1, 0.15) is 31.2 Å². The number of carbonyl (C=O) groups excluding carboxylic acids is 1. The van der Waals surface area contributed by atoms with Crippen molar-refractivity contribution in [2.45, 2.75) is 32.3 Å². The van der Waals surface area contributed by atoms with E-state index >= 15 is 0 Å². The minimum atomic E-state index is -0.368. The number of carbonyl (C=O) groups is 1. The molecule has 0 aromatic heterocycles. The Labute approximate surface area is 125 Å². The first kappa shape index (κ1) is 15.4. The summed E-state index contributed by atoms with van der Waals surface area (Å²) in [5, 5.41) is 10.3. The van der Waals surface area contributed by atoms with Crippen molar-refractivity contribution in [2.75, 3.05) is 6.54 Å². The van der Waals surface area contributed by atoms with Gasteiger partial charge >= 0.3 is 6.09 Å². The minimum Gasteiger partial charge on any atom is -0.445 e. The average molecular weight is 289 g/mol. The Kier molecular flexibility index (Phi) is 5.60. The fourth-order valence-electron chi connectivity index (χ4n) is 2.68. The van der Waals surface area contributed by atoms with E-state index in [1.165, 1.54) is 0 Å². The van der Waals surface area contributed by atoms with Crippen molar-refractivity contribution in [3.05, 3.63) is 35.9 Å². The van der Waals surface area contributed by atoms with Gasteiger partial charge in [-0.3, -0.25) is 5.41 Å². The molecule has 0 radical (unpaired) electrons. The van der Waals surface area contributed by atoms with E-state index in [2.05, 4.69) is 5.32 Å². The Hall–Kier alpha value is -2.04. The summed E-state index contributed by atoms with van der Waals surface area (Å²) in [7, 11) is 0. The molecule has 1 aliphatic rings. The third-order valence-electron chi connectivity index (χ3n) is 4.03. The maximum Gasteiger partial charge on any atom is 0.407 e. The Balaban J connectivity index is 1.62. The maximum atomic E-state index is 11.6. The summed E-state index contributed by atoms with van der Waals surface area (Å²) < 4.78 is 5.17. The van der Waals surface area contributed by atoms with Crippen LogP contribution in [0.25, 0.3) is 0 Å². The molecule has 1 fully saturated rings. The van der Waals surface area contributed by atoms with Crippen molar-refractivity contribution < 1.29 is 9.53 Å². The number of ether oxygens (including phenoxy) is 1. The standard InChI is InChI=1S/C16H23N3O2/c17-15(18)14-8-6-12(7-9-14)10-19-16(20)21-11-13-4-2-1-3-5-13/h1-5,12,14H,6-11H2,(H3,17,18)(H,19,20). The fraction of sp³-hybridized carbons (Fsp3) is 0.500. The third kappa shape index (κ3) is 5.10. The SMILES string of the molecule is N=C(N)C1CCC(CNC(=O)OCc2ccccc2)CC1. The summed E-state index contributed by atoms with van der Waals surface area (Å²) in [6, 6.07) is 9.63. The first-order valence-electron chi connectivity index (χ1n) is 7.43. The number of hydrogen-bond acceptors (Lipinski definition) is 3. The zero-order valence-electron chi connectivity index (χ0n) is 12.2. The number of hydrogen-bond donors (Lipinski definition) is 3. The van der Waals surface area contributed by atoms with Crippen LogP contribution in [-0.4, -0.2) is 18.5 Å². The van der Waals surface area contributed by atoms with Crippen LogP contribution < -0.4 is 11.1 Å². The lowest BCUT2D eigenvalue weighted by Crippen LogP contribution is -2.33. The lowest BCUT2D eigenvalue weighted by atomic mass is 9.81. The maximum absolute atomic E-state index is 11.6. The zero-order valence-corrected chi connectivity index (χ0v) is 12.2. The van der Waals surface area contributed by atoms with Gasteiger partial charge in [0, 0.05) is 12.5 Å². The number of rotatable bonds is 5. The molecule has 1 saturated carbocycles. The summed E-state index contributed by atoms with van der Waals surface area (Å²) in [5.41, 5.74) is 6.50. The van der Waals surface area contributed by atoms with Crippen LogP contribution in [0.3, 0.4) is 0 Å². The van der Waals surface area contributed by atoms with Crippen molar-refractivity contribution in [2.24, 2.45) is 17.6 Å². The number of benzene rings is 1. The molecule has 1 amide bonds. The van der Waals surface area contributed by atoms with Gasteiger partial charge in [0.15, 0.2) is 0 Å². The largest absolute Gasteiger partial charge is 0.445 e. The lowest BCUT2D eigenvalue weighted by Gasteiger charge is -2.27. The van der Waals surface area contributed by atoms with Gasteiger partial charge in [0.25, 0.3) is 0 Å². The van der Waals surface area contributed by atoms with E-state index in [1.54, 1.807) is 0 Å². The summed E-state index contributed by atoms with van der Waals surface area (Å²) in [4.78, 5) is 11.6. The van der Waals surface area contributed by atoms with E-state index in [1.807, 2.05) is 30.3 Å². The highest BCUT2D eigenvalue weighted by molar-refractivity contribution is 5.79. The minimum absolute atomic E-state index is 0.228. The second-order valence-corrected chi connectivity index (χ2v) is 5.62. The van der Waals surface area contributed by atoms with Gasteiger partial charge in [-0.05, 0) is 37.2 Å². The average Bonchev–Trinajstić information content (AvgIpc) is 2.52. The van der Waals surface area contributed by atoms with Crippen LogP contribution in [0.5, 0.6) is 0 Å². The first-order valence-corrected chi connectivity index (χ1v) is 7.43. The van der Waals surface area contributed by atoms with Crippen LogP contribution in [0.15, 0.2) is 30.3 Å². The number of nitrogens with two attached hydrogens (primary N) is 1. The molecule has 0 saturated heterocycles. The van der Waals surface area contributed by atoms with Crippen molar-refractivity contribution >= 4 is 11.9 Å². The van der Waals surface area contributed by atoms with Gasteiger partial charge in [-0.1, -0.05) is 30.3 Å². The topological polar surface area (TPSA) is 88.2 Å². The van der Waals surface area contributed by atoms with Crippen LogP contribution in [0.2, 0.25) is 0 Å². The van der Waals surface area contributed by atoms with Crippen molar-refractivity contribution in [3.63, 3.8) is 0 Å². The summed E-state index contributed by atoms with van der Waals surface area (Å²) >= 11 is 0. The molecule has 1 aliphatic carbocycles. The summed E-state index contributed by atoms with van der Waals surface area (Å²) in [6.45, 7) is 0.933. The third-order valence-corrected chi connectivity index (χ3v) is 4.03. The molecule has 1 aromatic rings. The molecular weight excluding hydrogens is 266 g/mol.